The second-order valence-corrected chi connectivity index (χ2v) is 8.87. The number of nitrogens with zero attached hydrogens (tertiary/aromatic N) is 3. The monoisotopic (exact) mass is 438 g/mol. The molecule has 0 saturated carbocycles. The zero-order chi connectivity index (χ0) is 22.5. The van der Waals surface area contributed by atoms with Gasteiger partial charge in [0.2, 0.25) is 0 Å². The van der Waals surface area contributed by atoms with Crippen LogP contribution in [0, 0.1) is 0 Å². The molecule has 2 heterocycles. The molecule has 0 spiro atoms. The van der Waals surface area contributed by atoms with Gasteiger partial charge in [-0.1, -0.05) is 30.3 Å². The van der Waals surface area contributed by atoms with E-state index in [1.54, 1.807) is 12.1 Å². The van der Waals surface area contributed by atoms with Gasteiger partial charge in [0.1, 0.15) is 5.75 Å². The van der Waals surface area contributed by atoms with Crippen molar-refractivity contribution in [2.75, 3.05) is 44.2 Å². The Kier molecular flexibility index (Phi) is 7.17. The van der Waals surface area contributed by atoms with E-state index in [-0.39, 0.29) is 24.0 Å². The van der Waals surface area contributed by atoms with Crippen LogP contribution in [0.4, 0.5) is 10.5 Å². The van der Waals surface area contributed by atoms with Crippen LogP contribution in [0.25, 0.3) is 0 Å². The molecule has 2 N–H and O–H groups in total. The highest BCUT2D eigenvalue weighted by atomic mass is 16.5. The first-order valence-corrected chi connectivity index (χ1v) is 11.5. The molecule has 32 heavy (non-hydrogen) atoms. The van der Waals surface area contributed by atoms with E-state index in [1.807, 2.05) is 23.1 Å². The normalized spacial score (nSPS) is 22.1. The van der Waals surface area contributed by atoms with E-state index in [0.29, 0.717) is 19.6 Å². The van der Waals surface area contributed by atoms with Crippen molar-refractivity contribution in [3.8, 4) is 5.75 Å². The molecule has 7 heteroatoms. The van der Waals surface area contributed by atoms with Crippen molar-refractivity contribution in [1.29, 1.82) is 0 Å². The maximum Gasteiger partial charge on any atom is 0.317 e. The number of carbonyl (C=O) groups excluding carboxylic acids is 1. The lowest BCUT2D eigenvalue weighted by Crippen LogP contribution is -2.51. The molecule has 2 aromatic carbocycles. The zero-order valence-corrected chi connectivity index (χ0v) is 19.0. The van der Waals surface area contributed by atoms with Gasteiger partial charge in [0.15, 0.2) is 0 Å². The van der Waals surface area contributed by atoms with E-state index in [2.05, 4.69) is 47.2 Å². The lowest BCUT2D eigenvalue weighted by atomic mass is 10.1. The largest absolute Gasteiger partial charge is 0.508 e. The summed E-state index contributed by atoms with van der Waals surface area (Å²) in [7, 11) is 0. The van der Waals surface area contributed by atoms with Gasteiger partial charge in [-0.25, -0.2) is 4.79 Å². The SMILES string of the molecule is CC1CN(Cc2ccccc2CNC(=O)N2CCN(c3cccc(O)c3)CC2)CC(C)O1. The Morgan fingerprint density at radius 3 is 2.38 bits per heavy atom. The van der Waals surface area contributed by atoms with E-state index in [4.69, 9.17) is 4.74 Å². The maximum absolute atomic E-state index is 12.8. The third-order valence-corrected chi connectivity index (χ3v) is 6.20. The first-order chi connectivity index (χ1) is 15.5. The van der Waals surface area contributed by atoms with Gasteiger partial charge >= 0.3 is 6.03 Å². The third kappa shape index (κ3) is 5.72. The molecule has 0 bridgehead atoms. The summed E-state index contributed by atoms with van der Waals surface area (Å²) in [4.78, 5) is 19.3. The number of piperazine rings is 1. The number of phenols is 1. The Balaban J connectivity index is 1.29. The van der Waals surface area contributed by atoms with Crippen molar-refractivity contribution >= 4 is 11.7 Å². The predicted molar refractivity (Wildman–Crippen MR) is 126 cm³/mol. The molecule has 2 aliphatic heterocycles. The molecular formula is C25H34N4O3. The average Bonchev–Trinajstić information content (AvgIpc) is 2.78. The minimum Gasteiger partial charge on any atom is -0.508 e. The number of hydrogen-bond donors (Lipinski definition) is 2. The summed E-state index contributed by atoms with van der Waals surface area (Å²) >= 11 is 0. The number of benzene rings is 2. The fourth-order valence-corrected chi connectivity index (χ4v) is 4.68. The predicted octanol–water partition coefficient (Wildman–Crippen LogP) is 3.03. The minimum absolute atomic E-state index is 0.0241. The highest BCUT2D eigenvalue weighted by molar-refractivity contribution is 5.74. The molecule has 172 valence electrons. The average molecular weight is 439 g/mol. The number of amides is 2. The lowest BCUT2D eigenvalue weighted by Gasteiger charge is -2.36. The van der Waals surface area contributed by atoms with E-state index >= 15 is 0 Å². The highest BCUT2D eigenvalue weighted by Crippen LogP contribution is 2.21. The molecule has 2 amide bonds. The first-order valence-electron chi connectivity index (χ1n) is 11.5. The van der Waals surface area contributed by atoms with Crippen molar-refractivity contribution in [2.24, 2.45) is 0 Å². The molecule has 2 saturated heterocycles. The molecule has 0 radical (unpaired) electrons. The molecule has 4 rings (SSSR count). The summed E-state index contributed by atoms with van der Waals surface area (Å²) in [5.74, 6) is 0.266. The van der Waals surface area contributed by atoms with E-state index in [9.17, 15) is 9.90 Å². The quantitative estimate of drug-likeness (QED) is 0.751. The molecule has 0 aromatic heterocycles. The van der Waals surface area contributed by atoms with Gasteiger partial charge < -0.3 is 25.0 Å². The van der Waals surface area contributed by atoms with Crippen LogP contribution in [-0.4, -0.2) is 72.4 Å². The number of urea groups is 1. The van der Waals surface area contributed by atoms with Crippen LogP contribution in [0.1, 0.15) is 25.0 Å². The summed E-state index contributed by atoms with van der Waals surface area (Å²) < 4.78 is 5.85. The lowest BCUT2D eigenvalue weighted by molar-refractivity contribution is -0.0705. The Morgan fingerprint density at radius 1 is 1.00 bits per heavy atom. The second-order valence-electron chi connectivity index (χ2n) is 8.87. The van der Waals surface area contributed by atoms with Gasteiger partial charge in [0.05, 0.1) is 12.2 Å². The fraction of sp³-hybridized carbons (Fsp3) is 0.480. The number of morpholine rings is 1. The number of nitrogens with one attached hydrogen (secondary N) is 1. The van der Waals surface area contributed by atoms with Crippen LogP contribution in [0.3, 0.4) is 0 Å². The highest BCUT2D eigenvalue weighted by Gasteiger charge is 2.24. The van der Waals surface area contributed by atoms with Gasteiger partial charge in [0, 0.05) is 64.1 Å². The van der Waals surface area contributed by atoms with Crippen molar-refractivity contribution < 1.29 is 14.6 Å². The molecule has 2 unspecified atom stereocenters. The molecule has 7 nitrogen and oxygen atoms in total. The first kappa shape index (κ1) is 22.4. The van der Waals surface area contributed by atoms with Crippen LogP contribution in [-0.2, 0) is 17.8 Å². The van der Waals surface area contributed by atoms with Gasteiger partial charge in [0.25, 0.3) is 0 Å². The molecule has 2 aliphatic rings. The van der Waals surface area contributed by atoms with Gasteiger partial charge in [-0.15, -0.1) is 0 Å². The van der Waals surface area contributed by atoms with Crippen LogP contribution < -0.4 is 10.2 Å². The number of carbonyl (C=O) groups is 1. The maximum atomic E-state index is 12.8. The number of rotatable bonds is 5. The van der Waals surface area contributed by atoms with Crippen LogP contribution in [0.15, 0.2) is 48.5 Å². The Bertz CT molecular complexity index is 904. The standard InChI is InChI=1S/C25H34N4O3/c1-19-16-27(17-20(2)32-19)18-22-7-4-3-6-21(22)15-26-25(31)29-12-10-28(11-13-29)23-8-5-9-24(30)14-23/h3-9,14,19-20,30H,10-13,15-18H2,1-2H3,(H,26,31). The minimum atomic E-state index is -0.0241. The van der Waals surface area contributed by atoms with Gasteiger partial charge in [-0.2, -0.15) is 0 Å². The van der Waals surface area contributed by atoms with E-state index in [0.717, 1.165) is 44.0 Å². The van der Waals surface area contributed by atoms with Crippen molar-refractivity contribution in [1.82, 2.24) is 15.1 Å². The van der Waals surface area contributed by atoms with Crippen molar-refractivity contribution in [2.45, 2.75) is 39.1 Å². The zero-order valence-electron chi connectivity index (χ0n) is 19.0. The summed E-state index contributed by atoms with van der Waals surface area (Å²) in [6, 6.07) is 15.6. The number of ether oxygens (including phenoxy) is 1. The summed E-state index contributed by atoms with van der Waals surface area (Å²) in [6.07, 6.45) is 0.480. The van der Waals surface area contributed by atoms with E-state index < -0.39 is 0 Å². The Morgan fingerprint density at radius 2 is 1.69 bits per heavy atom. The Labute approximate surface area is 190 Å². The van der Waals surface area contributed by atoms with E-state index in [1.165, 1.54) is 5.56 Å². The van der Waals surface area contributed by atoms with Gasteiger partial charge in [-0.3, -0.25) is 4.90 Å². The number of hydrogen-bond acceptors (Lipinski definition) is 5. The summed E-state index contributed by atoms with van der Waals surface area (Å²) in [5.41, 5.74) is 3.40. The molecule has 2 fully saturated rings. The fourth-order valence-electron chi connectivity index (χ4n) is 4.68. The molecular weight excluding hydrogens is 404 g/mol. The summed E-state index contributed by atoms with van der Waals surface area (Å²) in [5, 5.41) is 12.8. The van der Waals surface area contributed by atoms with Crippen LogP contribution in [0.5, 0.6) is 5.75 Å². The number of phenolic OH excluding ortho intramolecular Hbond substituents is 1. The Hall–Kier alpha value is -2.77. The number of anilines is 1. The van der Waals surface area contributed by atoms with Crippen molar-refractivity contribution in [3.63, 3.8) is 0 Å². The van der Waals surface area contributed by atoms with Crippen LogP contribution >= 0.6 is 0 Å². The summed E-state index contributed by atoms with van der Waals surface area (Å²) in [6.45, 7) is 10.3. The third-order valence-electron chi connectivity index (χ3n) is 6.20. The van der Waals surface area contributed by atoms with Gasteiger partial charge in [-0.05, 0) is 37.1 Å². The van der Waals surface area contributed by atoms with Crippen LogP contribution in [0.2, 0.25) is 0 Å². The molecule has 2 aromatic rings. The number of aromatic hydroxyl groups is 1. The topological polar surface area (TPSA) is 68.3 Å². The molecule has 2 atom stereocenters. The van der Waals surface area contributed by atoms with Crippen molar-refractivity contribution in [3.05, 3.63) is 59.7 Å². The molecule has 0 aliphatic carbocycles. The second kappa shape index (κ2) is 10.2. The smallest absolute Gasteiger partial charge is 0.317 e.